The van der Waals surface area contributed by atoms with E-state index in [0.29, 0.717) is 22.6 Å². The molecule has 5 aromatic rings. The van der Waals surface area contributed by atoms with Gasteiger partial charge in [-0.05, 0) is 54.1 Å². The summed E-state index contributed by atoms with van der Waals surface area (Å²) in [5.74, 6) is 0.568. The normalized spacial score (nSPS) is 11.8. The average molecular weight is 722 g/mol. The number of methoxy groups -OCH3 is 1. The molecule has 5 rings (SSSR count). The van der Waals surface area contributed by atoms with E-state index in [1.165, 1.54) is 25.5 Å². The van der Waals surface area contributed by atoms with E-state index in [4.69, 9.17) is 21.1 Å². The number of benzene rings is 4. The van der Waals surface area contributed by atoms with Gasteiger partial charge in [0, 0.05) is 20.1 Å². The van der Waals surface area contributed by atoms with E-state index in [9.17, 15) is 18.0 Å². The van der Waals surface area contributed by atoms with Gasteiger partial charge in [-0.1, -0.05) is 73.8 Å². The Kier molecular flexibility index (Phi) is 8.72. The smallest absolute Gasteiger partial charge is 0.416 e. The van der Waals surface area contributed by atoms with Crippen LogP contribution in [0.2, 0.25) is 5.02 Å². The lowest BCUT2D eigenvalue weighted by atomic mass is 10.1. The lowest BCUT2D eigenvalue weighted by molar-refractivity contribution is -0.137. The zero-order valence-corrected chi connectivity index (χ0v) is 25.6. The van der Waals surface area contributed by atoms with Crippen LogP contribution in [0.15, 0.2) is 97.7 Å². The maximum Gasteiger partial charge on any atom is 0.416 e. The van der Waals surface area contributed by atoms with Crippen LogP contribution in [-0.2, 0) is 12.8 Å². The van der Waals surface area contributed by atoms with Gasteiger partial charge in [0.15, 0.2) is 17.3 Å². The van der Waals surface area contributed by atoms with Gasteiger partial charge in [-0.15, -0.1) is 0 Å². The first kappa shape index (κ1) is 29.8. The summed E-state index contributed by atoms with van der Waals surface area (Å²) in [6.07, 6.45) is -3.23. The number of ether oxygens (including phenoxy) is 2. The number of nitrogens with zero attached hydrogens (tertiary/aromatic N) is 3. The number of aromatic nitrogens is 2. The van der Waals surface area contributed by atoms with Crippen molar-refractivity contribution in [1.82, 2.24) is 9.66 Å². The predicted octanol–water partition coefficient (Wildman–Crippen LogP) is 8.73. The van der Waals surface area contributed by atoms with Crippen LogP contribution in [0.25, 0.3) is 22.3 Å². The van der Waals surface area contributed by atoms with Gasteiger partial charge in [-0.2, -0.15) is 22.9 Å². The summed E-state index contributed by atoms with van der Waals surface area (Å²) in [4.78, 5) is 17.9. The Hall–Kier alpha value is -3.67. The molecule has 0 atom stereocenters. The minimum absolute atomic E-state index is 0.0564. The van der Waals surface area contributed by atoms with Crippen molar-refractivity contribution in [2.24, 2.45) is 5.10 Å². The Bertz CT molecular complexity index is 1890. The van der Waals surface area contributed by atoms with Crippen molar-refractivity contribution in [3.63, 3.8) is 0 Å². The van der Waals surface area contributed by atoms with Gasteiger partial charge in [0.25, 0.3) is 5.56 Å². The molecule has 0 saturated heterocycles. The molecule has 0 aliphatic heterocycles. The average Bonchev–Trinajstić information content (AvgIpc) is 2.96. The first-order valence-corrected chi connectivity index (χ1v) is 14.2. The molecule has 12 heteroatoms. The highest BCUT2D eigenvalue weighted by Gasteiger charge is 2.31. The fraction of sp³-hybridized carbons (Fsp3) is 0.100. The molecule has 0 spiro atoms. The summed E-state index contributed by atoms with van der Waals surface area (Å²) in [5, 5.41) is 4.81. The van der Waals surface area contributed by atoms with Gasteiger partial charge in [0.2, 0.25) is 0 Å². The molecule has 0 bridgehead atoms. The second kappa shape index (κ2) is 12.3. The van der Waals surface area contributed by atoms with E-state index in [-0.39, 0.29) is 28.4 Å². The third kappa shape index (κ3) is 6.38. The van der Waals surface area contributed by atoms with Gasteiger partial charge in [-0.25, -0.2) is 4.98 Å². The summed E-state index contributed by atoms with van der Waals surface area (Å²) in [6.45, 7) is 0.204. The molecule has 6 nitrogen and oxygen atoms in total. The fourth-order valence-corrected chi connectivity index (χ4v) is 5.55. The first-order valence-electron chi connectivity index (χ1n) is 12.2. The number of rotatable bonds is 7. The van der Waals surface area contributed by atoms with Crippen molar-refractivity contribution in [2.45, 2.75) is 12.8 Å². The van der Waals surface area contributed by atoms with Gasteiger partial charge >= 0.3 is 6.18 Å². The van der Waals surface area contributed by atoms with Crippen molar-refractivity contribution >= 4 is 60.6 Å². The molecule has 1 aromatic heterocycles. The molecule has 0 radical (unpaired) electrons. The van der Waals surface area contributed by atoms with E-state index in [1.807, 2.05) is 18.2 Å². The molecule has 0 amide bonds. The number of para-hydroxylation sites is 1. The predicted molar refractivity (Wildman–Crippen MR) is 164 cm³/mol. The van der Waals surface area contributed by atoms with E-state index < -0.39 is 17.3 Å². The Morgan fingerprint density at radius 2 is 1.81 bits per heavy atom. The van der Waals surface area contributed by atoms with Gasteiger partial charge in [0.1, 0.15) is 6.61 Å². The molecule has 0 aliphatic rings. The van der Waals surface area contributed by atoms with Crippen molar-refractivity contribution in [2.75, 3.05) is 7.11 Å². The summed E-state index contributed by atoms with van der Waals surface area (Å²) >= 11 is 13.5. The van der Waals surface area contributed by atoms with Crippen molar-refractivity contribution in [3.05, 3.63) is 120 Å². The van der Waals surface area contributed by atoms with Crippen molar-refractivity contribution in [1.29, 1.82) is 0 Å². The van der Waals surface area contributed by atoms with Crippen LogP contribution in [0.4, 0.5) is 13.2 Å². The fourth-order valence-electron chi connectivity index (χ4n) is 4.12. The molecule has 1 heterocycles. The zero-order valence-electron chi connectivity index (χ0n) is 21.6. The van der Waals surface area contributed by atoms with Crippen LogP contribution in [0, 0.1) is 0 Å². The Balaban J connectivity index is 1.54. The number of hydrogen-bond acceptors (Lipinski definition) is 5. The Labute approximate surface area is 259 Å². The highest BCUT2D eigenvalue weighted by molar-refractivity contribution is 9.11. The quantitative estimate of drug-likeness (QED) is 0.158. The third-order valence-electron chi connectivity index (χ3n) is 6.16. The summed E-state index contributed by atoms with van der Waals surface area (Å²) < 4.78 is 54.6. The number of alkyl halides is 3. The van der Waals surface area contributed by atoms with E-state index in [0.717, 1.165) is 31.3 Å². The summed E-state index contributed by atoms with van der Waals surface area (Å²) in [6, 6.07) is 20.0. The largest absolute Gasteiger partial charge is 0.493 e. The van der Waals surface area contributed by atoms with E-state index >= 15 is 0 Å². The monoisotopic (exact) mass is 719 g/mol. The zero-order chi connectivity index (χ0) is 30.0. The maximum atomic E-state index is 13.5. The lowest BCUT2D eigenvalue weighted by Gasteiger charge is -2.14. The van der Waals surface area contributed by atoms with Gasteiger partial charge in [-0.3, -0.25) is 4.79 Å². The number of halogens is 6. The van der Waals surface area contributed by atoms with Crippen molar-refractivity contribution in [3.8, 4) is 22.9 Å². The molecule has 0 saturated carbocycles. The van der Waals surface area contributed by atoms with Crippen LogP contribution < -0.4 is 15.0 Å². The molecule has 0 aliphatic carbocycles. The number of hydrogen-bond donors (Lipinski definition) is 0. The first-order chi connectivity index (χ1) is 20.0. The van der Waals surface area contributed by atoms with E-state index in [1.54, 1.807) is 36.4 Å². The second-order valence-electron chi connectivity index (χ2n) is 8.95. The van der Waals surface area contributed by atoms with Gasteiger partial charge < -0.3 is 9.47 Å². The molecule has 0 N–H and O–H groups in total. The van der Waals surface area contributed by atoms with Crippen LogP contribution >= 0.6 is 43.5 Å². The standard InChI is InChI=1S/C30H19Br2ClF3N3O3/c1-41-26-12-17(11-24(33)27(26)42-16-19-9-10-21(31)14-23(19)32)15-37-39-28(18-5-4-6-20(13-18)30(34,35)36)38-25-8-3-2-7-22(25)29(39)40/h2-15H,16H2,1H3. The van der Waals surface area contributed by atoms with E-state index in [2.05, 4.69) is 41.9 Å². The summed E-state index contributed by atoms with van der Waals surface area (Å²) in [5.41, 5.74) is 0.298. The molecule has 214 valence electrons. The van der Waals surface area contributed by atoms with Gasteiger partial charge in [0.05, 0.1) is 34.8 Å². The lowest BCUT2D eigenvalue weighted by Crippen LogP contribution is -2.20. The second-order valence-corrected chi connectivity index (χ2v) is 11.1. The molecular weight excluding hydrogens is 703 g/mol. The molecule has 42 heavy (non-hydrogen) atoms. The molecule has 4 aromatic carbocycles. The third-order valence-corrected chi connectivity index (χ3v) is 7.68. The molecule has 0 unspecified atom stereocenters. The topological polar surface area (TPSA) is 65.7 Å². The number of fused-ring (bicyclic) bond motifs is 1. The highest BCUT2D eigenvalue weighted by Crippen LogP contribution is 2.37. The molecule has 0 fully saturated rings. The van der Waals surface area contributed by atoms with Crippen LogP contribution in [0.3, 0.4) is 0 Å². The maximum absolute atomic E-state index is 13.5. The minimum atomic E-state index is -4.58. The highest BCUT2D eigenvalue weighted by atomic mass is 79.9. The van der Waals surface area contributed by atoms with Crippen molar-refractivity contribution < 1.29 is 22.6 Å². The Morgan fingerprint density at radius 3 is 2.55 bits per heavy atom. The minimum Gasteiger partial charge on any atom is -0.493 e. The SMILES string of the molecule is COc1cc(C=Nn2c(-c3cccc(C(F)(F)F)c3)nc3ccccc3c2=O)cc(Cl)c1OCc1ccc(Br)cc1Br. The summed E-state index contributed by atoms with van der Waals surface area (Å²) in [7, 11) is 1.46. The van der Waals surface area contributed by atoms with Crippen LogP contribution in [0.1, 0.15) is 16.7 Å². The van der Waals surface area contributed by atoms with Crippen LogP contribution in [0.5, 0.6) is 11.5 Å². The van der Waals surface area contributed by atoms with Crippen LogP contribution in [-0.4, -0.2) is 23.0 Å². The molecular formula is C30H19Br2ClF3N3O3. The Morgan fingerprint density at radius 1 is 1.02 bits per heavy atom.